The largest absolute Gasteiger partial charge is 0.271 e. The summed E-state index contributed by atoms with van der Waals surface area (Å²) in [6.07, 6.45) is 0. The van der Waals surface area contributed by atoms with Gasteiger partial charge < -0.3 is 0 Å². The molecular weight excluding hydrogens is 221 g/mol. The van der Waals surface area contributed by atoms with Gasteiger partial charge in [-0.05, 0) is 0 Å². The van der Waals surface area contributed by atoms with Gasteiger partial charge in [-0.2, -0.15) is 0 Å². The van der Waals surface area contributed by atoms with Gasteiger partial charge in [0.15, 0.2) is 0 Å². The second-order valence-electron chi connectivity index (χ2n) is 1.47. The third-order valence-electron chi connectivity index (χ3n) is 0.866. The molecule has 2 atom stereocenters. The molecule has 0 aromatic carbocycles. The van der Waals surface area contributed by atoms with Crippen molar-refractivity contribution in [3.63, 3.8) is 0 Å². The van der Waals surface area contributed by atoms with Crippen LogP contribution in [0.2, 0.25) is 0 Å². The summed E-state index contributed by atoms with van der Waals surface area (Å²) in [5.41, 5.74) is 1.93. The van der Waals surface area contributed by atoms with E-state index in [9.17, 15) is 0 Å². The average molecular weight is 227 g/mol. The lowest BCUT2D eigenvalue weighted by molar-refractivity contribution is 0.945. The fraction of sp³-hybridized carbons (Fsp3) is 0.750. The Hall–Kier alpha value is 0.750. The van der Waals surface area contributed by atoms with Gasteiger partial charge in [0.05, 0.1) is 5.55 Å². The molecule has 0 fully saturated rings. The second-order valence-corrected chi connectivity index (χ2v) is 3.97. The lowest BCUT2D eigenvalue weighted by Crippen LogP contribution is -2.02. The van der Waals surface area contributed by atoms with E-state index in [-0.39, 0.29) is 0 Å². The number of hydrogen-bond acceptors (Lipinski definition) is 2. The summed E-state index contributed by atoms with van der Waals surface area (Å²) >= 11 is 4.15. The molecule has 1 nitrogen and oxygen atoms in total. The van der Waals surface area contributed by atoms with Crippen molar-refractivity contribution in [2.75, 3.05) is 0 Å². The molecule has 0 N–H and O–H groups in total. The number of thioether (sulfide) groups is 1. The van der Waals surface area contributed by atoms with Gasteiger partial charge in [0.1, 0.15) is 4.05 Å². The average Bonchev–Trinajstić information content (AvgIpc) is 1.91. The first-order chi connectivity index (χ1) is 3.30. The van der Waals surface area contributed by atoms with E-state index in [1.54, 1.807) is 11.8 Å². The van der Waals surface area contributed by atoms with Crippen molar-refractivity contribution < 1.29 is 0 Å². The van der Waals surface area contributed by atoms with Crippen molar-refractivity contribution in [3.05, 3.63) is 0 Å². The summed E-state index contributed by atoms with van der Waals surface area (Å²) in [6.45, 7) is 2.19. The SMILES string of the molecule is CC1SC=NC1I. The third kappa shape index (κ3) is 1.32. The Morgan fingerprint density at radius 3 is 2.71 bits per heavy atom. The van der Waals surface area contributed by atoms with E-state index in [2.05, 4.69) is 34.5 Å². The Labute approximate surface area is 61.1 Å². The summed E-state index contributed by atoms with van der Waals surface area (Å²) in [5, 5.41) is 0.695. The molecule has 3 heteroatoms. The van der Waals surface area contributed by atoms with Crippen LogP contribution in [0.1, 0.15) is 6.92 Å². The molecule has 0 spiro atoms. The number of alkyl halides is 1. The predicted molar refractivity (Wildman–Crippen MR) is 43.4 cm³/mol. The number of halogens is 1. The van der Waals surface area contributed by atoms with E-state index in [4.69, 9.17) is 0 Å². The van der Waals surface area contributed by atoms with Crippen LogP contribution in [0.4, 0.5) is 0 Å². The Morgan fingerprint density at radius 1 is 1.86 bits per heavy atom. The maximum Gasteiger partial charge on any atom is 0.114 e. The molecule has 0 aliphatic carbocycles. The summed E-state index contributed by atoms with van der Waals surface area (Å²) in [7, 11) is 0. The van der Waals surface area contributed by atoms with Crippen LogP contribution >= 0.6 is 34.4 Å². The highest BCUT2D eigenvalue weighted by Gasteiger charge is 2.15. The fourth-order valence-corrected chi connectivity index (χ4v) is 1.86. The fourth-order valence-electron chi connectivity index (χ4n) is 0.375. The van der Waals surface area contributed by atoms with E-state index < -0.39 is 0 Å². The maximum atomic E-state index is 4.14. The zero-order chi connectivity index (χ0) is 5.28. The topological polar surface area (TPSA) is 12.4 Å². The Balaban J connectivity index is 2.45. The molecule has 0 saturated carbocycles. The molecule has 0 bridgehead atoms. The molecule has 0 aromatic heterocycles. The van der Waals surface area contributed by atoms with Crippen molar-refractivity contribution in [1.29, 1.82) is 0 Å². The molecule has 0 saturated heterocycles. The second kappa shape index (κ2) is 2.35. The highest BCUT2D eigenvalue weighted by molar-refractivity contribution is 14.1. The number of hydrogen-bond donors (Lipinski definition) is 0. The summed E-state index contributed by atoms with van der Waals surface area (Å²) < 4.78 is 0.516. The molecule has 0 radical (unpaired) electrons. The van der Waals surface area contributed by atoms with Crippen LogP contribution in [-0.4, -0.2) is 14.8 Å². The predicted octanol–water partition coefficient (Wildman–Crippen LogP) is 1.91. The lowest BCUT2D eigenvalue weighted by atomic mass is 10.5. The summed E-state index contributed by atoms with van der Waals surface area (Å²) in [6, 6.07) is 0. The van der Waals surface area contributed by atoms with Gasteiger partial charge >= 0.3 is 0 Å². The molecule has 7 heavy (non-hydrogen) atoms. The Bertz CT molecular complexity index is 93.7. The van der Waals surface area contributed by atoms with E-state index in [1.807, 2.05) is 5.55 Å². The molecule has 2 unspecified atom stereocenters. The quantitative estimate of drug-likeness (QED) is 0.350. The lowest BCUT2D eigenvalue weighted by Gasteiger charge is -2.00. The Kier molecular flexibility index (Phi) is 1.97. The highest BCUT2D eigenvalue weighted by atomic mass is 127. The number of rotatable bonds is 0. The van der Waals surface area contributed by atoms with Gasteiger partial charge in [-0.15, -0.1) is 11.8 Å². The molecule has 40 valence electrons. The first kappa shape index (κ1) is 5.88. The minimum Gasteiger partial charge on any atom is -0.271 e. The third-order valence-corrected chi connectivity index (χ3v) is 3.69. The van der Waals surface area contributed by atoms with Crippen LogP contribution in [0.3, 0.4) is 0 Å². The molecule has 0 amide bonds. The van der Waals surface area contributed by atoms with Crippen molar-refractivity contribution in [3.8, 4) is 0 Å². The summed E-state index contributed by atoms with van der Waals surface area (Å²) in [4.78, 5) is 4.14. The van der Waals surface area contributed by atoms with Crippen LogP contribution in [0.25, 0.3) is 0 Å². The number of aliphatic imine (C=N–C) groups is 1. The van der Waals surface area contributed by atoms with Crippen LogP contribution in [0.15, 0.2) is 4.99 Å². The minimum atomic E-state index is 0.516. The van der Waals surface area contributed by atoms with Crippen molar-refractivity contribution in [2.45, 2.75) is 16.2 Å². The first-order valence-electron chi connectivity index (χ1n) is 2.12. The molecule has 0 aromatic rings. The molecule has 1 heterocycles. The smallest absolute Gasteiger partial charge is 0.114 e. The molecule has 1 aliphatic rings. The van der Waals surface area contributed by atoms with Gasteiger partial charge in [0.2, 0.25) is 0 Å². The van der Waals surface area contributed by atoms with Gasteiger partial charge in [0.25, 0.3) is 0 Å². The highest BCUT2D eigenvalue weighted by Crippen LogP contribution is 2.25. The van der Waals surface area contributed by atoms with Crippen molar-refractivity contribution in [1.82, 2.24) is 0 Å². The van der Waals surface area contributed by atoms with E-state index in [1.165, 1.54) is 0 Å². The summed E-state index contributed by atoms with van der Waals surface area (Å²) in [5.74, 6) is 0. The number of nitrogens with zero attached hydrogens (tertiary/aromatic N) is 1. The van der Waals surface area contributed by atoms with Gasteiger partial charge in [-0.25, -0.2) is 0 Å². The van der Waals surface area contributed by atoms with E-state index in [0.29, 0.717) is 9.30 Å². The molecule has 1 rings (SSSR count). The monoisotopic (exact) mass is 227 g/mol. The minimum absolute atomic E-state index is 0.516. The zero-order valence-electron chi connectivity index (χ0n) is 3.97. The van der Waals surface area contributed by atoms with Crippen LogP contribution in [-0.2, 0) is 0 Å². The normalized spacial score (nSPS) is 39.7. The van der Waals surface area contributed by atoms with Crippen molar-refractivity contribution >= 4 is 39.9 Å². The van der Waals surface area contributed by atoms with E-state index in [0.717, 1.165) is 0 Å². The first-order valence-corrected chi connectivity index (χ1v) is 4.31. The van der Waals surface area contributed by atoms with Gasteiger partial charge in [-0.3, -0.25) is 4.99 Å². The van der Waals surface area contributed by atoms with Gasteiger partial charge in [-0.1, -0.05) is 29.5 Å². The van der Waals surface area contributed by atoms with Crippen LogP contribution < -0.4 is 0 Å². The molecular formula is C4H6INS. The Morgan fingerprint density at radius 2 is 2.57 bits per heavy atom. The standard InChI is InChI=1S/C4H6INS/c1-3-4(5)6-2-7-3/h2-4H,1H3. The zero-order valence-corrected chi connectivity index (χ0v) is 6.94. The van der Waals surface area contributed by atoms with E-state index >= 15 is 0 Å². The van der Waals surface area contributed by atoms with Crippen LogP contribution in [0.5, 0.6) is 0 Å². The maximum absolute atomic E-state index is 4.14. The van der Waals surface area contributed by atoms with Crippen LogP contribution in [0, 0.1) is 0 Å². The van der Waals surface area contributed by atoms with Crippen molar-refractivity contribution in [2.24, 2.45) is 4.99 Å². The van der Waals surface area contributed by atoms with Gasteiger partial charge in [0, 0.05) is 5.25 Å². The molecule has 1 aliphatic heterocycles.